The van der Waals surface area contributed by atoms with E-state index in [0.29, 0.717) is 6.61 Å². The molecule has 2 atom stereocenters. The molecule has 0 aliphatic carbocycles. The molecular formula is C13H19N3O3S. The second-order valence-electron chi connectivity index (χ2n) is 4.66. The van der Waals surface area contributed by atoms with Gasteiger partial charge in [-0.3, -0.25) is 4.79 Å². The highest BCUT2D eigenvalue weighted by Gasteiger charge is 2.38. The van der Waals surface area contributed by atoms with Crippen molar-refractivity contribution in [3.05, 3.63) is 12.4 Å². The van der Waals surface area contributed by atoms with Crippen molar-refractivity contribution >= 4 is 23.5 Å². The summed E-state index contributed by atoms with van der Waals surface area (Å²) < 4.78 is 5.37. The van der Waals surface area contributed by atoms with Crippen molar-refractivity contribution < 1.29 is 14.6 Å². The van der Waals surface area contributed by atoms with Crippen LogP contribution in [0.2, 0.25) is 0 Å². The maximum atomic E-state index is 11.3. The van der Waals surface area contributed by atoms with Crippen molar-refractivity contribution in [3.63, 3.8) is 0 Å². The van der Waals surface area contributed by atoms with Gasteiger partial charge in [-0.15, -0.1) is 11.8 Å². The number of carboxylic acids is 1. The number of ether oxygens (including phenoxy) is 1. The number of hydrogen-bond donors (Lipinski definition) is 1. The first-order valence-corrected chi connectivity index (χ1v) is 7.83. The highest BCUT2D eigenvalue weighted by Crippen LogP contribution is 2.26. The van der Waals surface area contributed by atoms with Crippen LogP contribution < -0.4 is 4.90 Å². The highest BCUT2D eigenvalue weighted by atomic mass is 32.2. The number of aromatic nitrogens is 2. The molecule has 0 radical (unpaired) electrons. The summed E-state index contributed by atoms with van der Waals surface area (Å²) >= 11 is 1.54. The Labute approximate surface area is 122 Å². The van der Waals surface area contributed by atoms with Gasteiger partial charge >= 0.3 is 5.97 Å². The van der Waals surface area contributed by atoms with Crippen molar-refractivity contribution in [2.75, 3.05) is 30.9 Å². The molecule has 1 fully saturated rings. The minimum absolute atomic E-state index is 0.169. The number of rotatable bonds is 6. The molecule has 2 rings (SSSR count). The lowest BCUT2D eigenvalue weighted by atomic mass is 10.0. The van der Waals surface area contributed by atoms with Gasteiger partial charge in [-0.05, 0) is 12.7 Å². The fourth-order valence-corrected chi connectivity index (χ4v) is 2.75. The van der Waals surface area contributed by atoms with E-state index in [1.807, 2.05) is 17.2 Å². The zero-order valence-electron chi connectivity index (χ0n) is 11.7. The van der Waals surface area contributed by atoms with Crippen molar-refractivity contribution in [3.8, 4) is 0 Å². The van der Waals surface area contributed by atoms with Crippen LogP contribution >= 0.6 is 11.8 Å². The van der Waals surface area contributed by atoms with Crippen LogP contribution in [0.15, 0.2) is 17.4 Å². The van der Waals surface area contributed by atoms with Gasteiger partial charge in [-0.25, -0.2) is 9.97 Å². The number of nitrogens with zero attached hydrogens (tertiary/aromatic N) is 3. The quantitative estimate of drug-likeness (QED) is 0.630. The molecule has 20 heavy (non-hydrogen) atoms. The molecule has 1 N–H and O–H groups in total. The minimum atomic E-state index is -0.812. The maximum absolute atomic E-state index is 11.3. The van der Waals surface area contributed by atoms with Gasteiger partial charge in [0.15, 0.2) is 0 Å². The van der Waals surface area contributed by atoms with Crippen LogP contribution in [0.4, 0.5) is 5.82 Å². The molecule has 6 nitrogen and oxygen atoms in total. The average Bonchev–Trinajstić information content (AvgIpc) is 2.94. The van der Waals surface area contributed by atoms with Crippen LogP contribution in [0.5, 0.6) is 0 Å². The molecule has 0 bridgehead atoms. The Morgan fingerprint density at radius 3 is 3.00 bits per heavy atom. The molecule has 1 aliphatic rings. The van der Waals surface area contributed by atoms with E-state index in [-0.39, 0.29) is 12.6 Å². The summed E-state index contributed by atoms with van der Waals surface area (Å²) in [6.45, 7) is 3.51. The topological polar surface area (TPSA) is 75.5 Å². The van der Waals surface area contributed by atoms with Gasteiger partial charge in [0.2, 0.25) is 0 Å². The number of aliphatic carboxylic acids is 1. The van der Waals surface area contributed by atoms with E-state index in [9.17, 15) is 9.90 Å². The molecule has 110 valence electrons. The summed E-state index contributed by atoms with van der Waals surface area (Å²) in [7, 11) is 0. The molecule has 1 aromatic rings. The highest BCUT2D eigenvalue weighted by molar-refractivity contribution is 7.98. The summed E-state index contributed by atoms with van der Waals surface area (Å²) in [5, 5.41) is 10.2. The van der Waals surface area contributed by atoms with Gasteiger partial charge in [-0.2, -0.15) is 0 Å². The first kappa shape index (κ1) is 15.1. The SMILES string of the molecule is CCCN(c1cc(SC)ncn1)C1COCC1C(=O)O. The molecule has 1 saturated heterocycles. The van der Waals surface area contributed by atoms with E-state index in [0.717, 1.165) is 23.8 Å². The van der Waals surface area contributed by atoms with Gasteiger partial charge < -0.3 is 14.7 Å². The van der Waals surface area contributed by atoms with Crippen molar-refractivity contribution in [2.24, 2.45) is 5.92 Å². The molecule has 0 aromatic carbocycles. The number of carbonyl (C=O) groups is 1. The summed E-state index contributed by atoms with van der Waals surface area (Å²) in [5.41, 5.74) is 0. The van der Waals surface area contributed by atoms with Crippen LogP contribution in [0, 0.1) is 5.92 Å². The molecule has 1 aliphatic heterocycles. The van der Waals surface area contributed by atoms with E-state index in [1.165, 1.54) is 6.33 Å². The lowest BCUT2D eigenvalue weighted by Crippen LogP contribution is -2.44. The molecule has 2 heterocycles. The maximum Gasteiger partial charge on any atom is 0.311 e. The van der Waals surface area contributed by atoms with E-state index < -0.39 is 11.9 Å². The first-order chi connectivity index (χ1) is 9.67. The largest absolute Gasteiger partial charge is 0.481 e. The monoisotopic (exact) mass is 297 g/mol. The van der Waals surface area contributed by atoms with Crippen molar-refractivity contribution in [2.45, 2.75) is 24.4 Å². The van der Waals surface area contributed by atoms with E-state index >= 15 is 0 Å². The Bertz CT molecular complexity index is 472. The smallest absolute Gasteiger partial charge is 0.311 e. The summed E-state index contributed by atoms with van der Waals surface area (Å²) in [6.07, 6.45) is 4.39. The fraction of sp³-hybridized carbons (Fsp3) is 0.615. The van der Waals surface area contributed by atoms with Crippen molar-refractivity contribution in [1.29, 1.82) is 0 Å². The Hall–Kier alpha value is -1.34. The second kappa shape index (κ2) is 6.90. The van der Waals surface area contributed by atoms with Gasteiger partial charge in [-0.1, -0.05) is 6.92 Å². The zero-order valence-corrected chi connectivity index (χ0v) is 12.5. The van der Waals surface area contributed by atoms with Crippen LogP contribution in [0.25, 0.3) is 0 Å². The van der Waals surface area contributed by atoms with Crippen LogP contribution in [0.1, 0.15) is 13.3 Å². The first-order valence-electron chi connectivity index (χ1n) is 6.60. The van der Waals surface area contributed by atoms with Crippen LogP contribution in [0.3, 0.4) is 0 Å². The summed E-state index contributed by atoms with van der Waals surface area (Å²) in [4.78, 5) is 21.8. The third-order valence-corrected chi connectivity index (χ3v) is 4.01. The van der Waals surface area contributed by atoms with Gasteiger partial charge in [0.05, 0.1) is 19.3 Å². The predicted molar refractivity (Wildman–Crippen MR) is 77.2 cm³/mol. The molecule has 1 aromatic heterocycles. The van der Waals surface area contributed by atoms with Gasteiger partial charge in [0.25, 0.3) is 0 Å². The molecule has 0 amide bonds. The molecule has 0 saturated carbocycles. The molecule has 7 heteroatoms. The Morgan fingerprint density at radius 1 is 1.55 bits per heavy atom. The second-order valence-corrected chi connectivity index (χ2v) is 5.49. The van der Waals surface area contributed by atoms with Gasteiger partial charge in [0, 0.05) is 12.6 Å². The summed E-state index contributed by atoms with van der Waals surface area (Å²) in [5.74, 6) is -0.546. The normalized spacial score (nSPS) is 21.9. The summed E-state index contributed by atoms with van der Waals surface area (Å²) in [6, 6.07) is 1.73. The molecule has 0 spiro atoms. The number of hydrogen-bond acceptors (Lipinski definition) is 6. The van der Waals surface area contributed by atoms with E-state index in [1.54, 1.807) is 11.8 Å². The number of thioether (sulfide) groups is 1. The van der Waals surface area contributed by atoms with E-state index in [4.69, 9.17) is 4.74 Å². The minimum Gasteiger partial charge on any atom is -0.481 e. The van der Waals surface area contributed by atoms with Gasteiger partial charge in [0.1, 0.15) is 23.1 Å². The third kappa shape index (κ3) is 3.21. The number of anilines is 1. The van der Waals surface area contributed by atoms with E-state index in [2.05, 4.69) is 16.9 Å². The average molecular weight is 297 g/mol. The molecular weight excluding hydrogens is 278 g/mol. The lowest BCUT2D eigenvalue weighted by Gasteiger charge is -2.31. The zero-order chi connectivity index (χ0) is 14.5. The van der Waals surface area contributed by atoms with Crippen LogP contribution in [-0.4, -0.2) is 53.1 Å². The van der Waals surface area contributed by atoms with Crippen molar-refractivity contribution in [1.82, 2.24) is 9.97 Å². The number of carboxylic acid groups (broad SMARTS) is 1. The Balaban J connectivity index is 2.27. The molecule has 2 unspecified atom stereocenters. The van der Waals surface area contributed by atoms with Crippen LogP contribution in [-0.2, 0) is 9.53 Å². The third-order valence-electron chi connectivity index (χ3n) is 3.36. The standard InChI is InChI=1S/C13H19N3O3S/c1-3-4-16(10-7-19-6-9(10)13(17)18)11-5-12(20-2)15-8-14-11/h5,8-10H,3-4,6-7H2,1-2H3,(H,17,18). The lowest BCUT2D eigenvalue weighted by molar-refractivity contribution is -0.141. The Kier molecular flexibility index (Phi) is 5.19. The fourth-order valence-electron chi connectivity index (χ4n) is 2.38. The predicted octanol–water partition coefficient (Wildman–Crippen LogP) is 1.51. The Morgan fingerprint density at radius 2 is 2.35 bits per heavy atom.